The van der Waals surface area contributed by atoms with Crippen LogP contribution in [0.3, 0.4) is 0 Å². The molecule has 0 aromatic carbocycles. The van der Waals surface area contributed by atoms with Crippen molar-refractivity contribution in [2.75, 3.05) is 20.8 Å². The zero-order chi connectivity index (χ0) is 10.7. The number of nitrogens with one attached hydrogen (secondary N) is 1. The van der Waals surface area contributed by atoms with Crippen LogP contribution in [0.15, 0.2) is 11.8 Å². The highest BCUT2D eigenvalue weighted by molar-refractivity contribution is 5.15. The van der Waals surface area contributed by atoms with Crippen LogP contribution in [0.2, 0.25) is 0 Å². The Morgan fingerprint density at radius 1 is 1.47 bits per heavy atom. The molecule has 1 saturated carbocycles. The molecular weight excluding hydrogens is 190 g/mol. The molecule has 1 aliphatic carbocycles. The SMILES string of the molecule is CNC(C1=CCCO1)C1(OC)CCCC1. The van der Waals surface area contributed by atoms with E-state index in [9.17, 15) is 0 Å². The summed E-state index contributed by atoms with van der Waals surface area (Å²) in [6.07, 6.45) is 8.03. The molecule has 0 spiro atoms. The van der Waals surface area contributed by atoms with Crippen molar-refractivity contribution in [3.8, 4) is 0 Å². The van der Waals surface area contributed by atoms with Gasteiger partial charge in [0.1, 0.15) is 5.76 Å². The summed E-state index contributed by atoms with van der Waals surface area (Å²) in [7, 11) is 3.82. The van der Waals surface area contributed by atoms with E-state index in [1.807, 2.05) is 14.2 Å². The van der Waals surface area contributed by atoms with Gasteiger partial charge in [-0.25, -0.2) is 0 Å². The average molecular weight is 211 g/mol. The summed E-state index contributed by atoms with van der Waals surface area (Å²) in [5.74, 6) is 1.08. The molecule has 0 saturated heterocycles. The molecule has 1 atom stereocenters. The number of methoxy groups -OCH3 is 1. The zero-order valence-electron chi connectivity index (χ0n) is 9.71. The Morgan fingerprint density at radius 3 is 2.67 bits per heavy atom. The number of hydrogen-bond acceptors (Lipinski definition) is 3. The quantitative estimate of drug-likeness (QED) is 0.769. The van der Waals surface area contributed by atoms with E-state index in [2.05, 4.69) is 11.4 Å². The van der Waals surface area contributed by atoms with E-state index in [4.69, 9.17) is 9.47 Å². The molecule has 0 radical (unpaired) electrons. The summed E-state index contributed by atoms with van der Waals surface area (Å²) >= 11 is 0. The second kappa shape index (κ2) is 4.54. The Bertz CT molecular complexity index is 244. The third-order valence-electron chi connectivity index (χ3n) is 3.69. The van der Waals surface area contributed by atoms with E-state index >= 15 is 0 Å². The van der Waals surface area contributed by atoms with Gasteiger partial charge in [-0.2, -0.15) is 0 Å². The fraction of sp³-hybridized carbons (Fsp3) is 0.833. The molecule has 1 unspecified atom stereocenters. The first-order chi connectivity index (χ1) is 7.32. The van der Waals surface area contributed by atoms with Crippen molar-refractivity contribution in [2.45, 2.75) is 43.7 Å². The fourth-order valence-electron chi connectivity index (χ4n) is 2.89. The van der Waals surface area contributed by atoms with Crippen LogP contribution in [0.1, 0.15) is 32.1 Å². The lowest BCUT2D eigenvalue weighted by atomic mass is 9.90. The van der Waals surface area contributed by atoms with Gasteiger partial charge in [0.2, 0.25) is 0 Å². The van der Waals surface area contributed by atoms with Gasteiger partial charge in [0.05, 0.1) is 18.2 Å². The largest absolute Gasteiger partial charge is 0.496 e. The van der Waals surface area contributed by atoms with Crippen molar-refractivity contribution in [3.63, 3.8) is 0 Å². The van der Waals surface area contributed by atoms with Crippen LogP contribution in [0.5, 0.6) is 0 Å². The van der Waals surface area contributed by atoms with E-state index in [1.54, 1.807) is 0 Å². The summed E-state index contributed by atoms with van der Waals surface area (Å²) in [4.78, 5) is 0. The first kappa shape index (κ1) is 11.0. The maximum Gasteiger partial charge on any atom is 0.112 e. The van der Waals surface area contributed by atoms with Gasteiger partial charge in [-0.3, -0.25) is 0 Å². The summed E-state index contributed by atoms with van der Waals surface area (Å²) in [5, 5.41) is 3.36. The molecular formula is C12H21NO2. The van der Waals surface area contributed by atoms with E-state index in [-0.39, 0.29) is 11.6 Å². The lowest BCUT2D eigenvalue weighted by molar-refractivity contribution is -0.0362. The molecule has 15 heavy (non-hydrogen) atoms. The molecule has 1 heterocycles. The monoisotopic (exact) mass is 211 g/mol. The maximum absolute atomic E-state index is 5.78. The van der Waals surface area contributed by atoms with Gasteiger partial charge < -0.3 is 14.8 Å². The van der Waals surface area contributed by atoms with Crippen LogP contribution >= 0.6 is 0 Å². The Labute approximate surface area is 91.8 Å². The Kier molecular flexibility index (Phi) is 3.32. The molecule has 0 bridgehead atoms. The average Bonchev–Trinajstić information content (AvgIpc) is 2.90. The number of likely N-dealkylation sites (N-methyl/N-ethyl adjacent to an activating group) is 1. The second-order valence-electron chi connectivity index (χ2n) is 4.44. The standard InChI is InChI=1S/C12H21NO2/c1-13-11(10-6-5-9-15-10)12(14-2)7-3-4-8-12/h6,11,13H,3-5,7-9H2,1-2H3. The van der Waals surface area contributed by atoms with Gasteiger partial charge >= 0.3 is 0 Å². The van der Waals surface area contributed by atoms with Crippen molar-refractivity contribution in [2.24, 2.45) is 0 Å². The summed E-state index contributed by atoms with van der Waals surface area (Å²) in [5.41, 5.74) is -0.0368. The Hall–Kier alpha value is -0.540. The summed E-state index contributed by atoms with van der Waals surface area (Å²) in [6, 6.07) is 0.229. The highest BCUT2D eigenvalue weighted by atomic mass is 16.5. The minimum absolute atomic E-state index is 0.0368. The van der Waals surface area contributed by atoms with Crippen LogP contribution in [0, 0.1) is 0 Å². The predicted molar refractivity (Wildman–Crippen MR) is 59.7 cm³/mol. The third-order valence-corrected chi connectivity index (χ3v) is 3.69. The number of rotatable bonds is 4. The predicted octanol–water partition coefficient (Wildman–Crippen LogP) is 1.84. The summed E-state index contributed by atoms with van der Waals surface area (Å²) < 4.78 is 11.4. The van der Waals surface area contributed by atoms with Crippen molar-refractivity contribution in [1.82, 2.24) is 5.32 Å². The highest BCUT2D eigenvalue weighted by Gasteiger charge is 2.43. The van der Waals surface area contributed by atoms with Crippen LogP contribution < -0.4 is 5.32 Å². The molecule has 86 valence electrons. The molecule has 0 amide bonds. The third kappa shape index (κ3) is 1.91. The lowest BCUT2D eigenvalue weighted by Gasteiger charge is -2.36. The van der Waals surface area contributed by atoms with Gasteiger partial charge in [0, 0.05) is 13.5 Å². The van der Waals surface area contributed by atoms with E-state index < -0.39 is 0 Å². The molecule has 0 aromatic heterocycles. The number of ether oxygens (including phenoxy) is 2. The van der Waals surface area contributed by atoms with Gasteiger partial charge in [-0.1, -0.05) is 12.8 Å². The highest BCUT2D eigenvalue weighted by Crippen LogP contribution is 2.38. The van der Waals surface area contributed by atoms with Crippen molar-refractivity contribution < 1.29 is 9.47 Å². The second-order valence-corrected chi connectivity index (χ2v) is 4.44. The molecule has 2 aliphatic rings. The molecule has 1 fully saturated rings. The molecule has 3 nitrogen and oxygen atoms in total. The Morgan fingerprint density at radius 2 is 2.20 bits per heavy atom. The van der Waals surface area contributed by atoms with Crippen LogP contribution in [-0.2, 0) is 9.47 Å². The van der Waals surface area contributed by atoms with Gasteiger partial charge in [0.15, 0.2) is 0 Å². The smallest absolute Gasteiger partial charge is 0.112 e. The van der Waals surface area contributed by atoms with Gasteiger partial charge in [0.25, 0.3) is 0 Å². The minimum Gasteiger partial charge on any atom is -0.496 e. The molecule has 1 N–H and O–H groups in total. The van der Waals surface area contributed by atoms with E-state index in [1.165, 1.54) is 12.8 Å². The van der Waals surface area contributed by atoms with Crippen LogP contribution in [0.4, 0.5) is 0 Å². The first-order valence-corrected chi connectivity index (χ1v) is 5.88. The van der Waals surface area contributed by atoms with E-state index in [0.29, 0.717) is 0 Å². The first-order valence-electron chi connectivity index (χ1n) is 5.88. The molecule has 0 aromatic rings. The number of hydrogen-bond donors (Lipinski definition) is 1. The van der Waals surface area contributed by atoms with Crippen LogP contribution in [-0.4, -0.2) is 32.4 Å². The molecule has 3 heteroatoms. The molecule has 1 aliphatic heterocycles. The summed E-state index contributed by atoms with van der Waals surface area (Å²) in [6.45, 7) is 0.827. The molecule has 2 rings (SSSR count). The maximum atomic E-state index is 5.78. The van der Waals surface area contributed by atoms with Crippen molar-refractivity contribution in [1.29, 1.82) is 0 Å². The lowest BCUT2D eigenvalue weighted by Crippen LogP contribution is -2.50. The van der Waals surface area contributed by atoms with Gasteiger partial charge in [-0.15, -0.1) is 0 Å². The van der Waals surface area contributed by atoms with Crippen molar-refractivity contribution >= 4 is 0 Å². The van der Waals surface area contributed by atoms with Crippen LogP contribution in [0.25, 0.3) is 0 Å². The minimum atomic E-state index is -0.0368. The Balaban J connectivity index is 2.16. The van der Waals surface area contributed by atoms with Gasteiger partial charge in [-0.05, 0) is 26.0 Å². The normalized spacial score (nSPS) is 26.1. The zero-order valence-corrected chi connectivity index (χ0v) is 9.71. The fourth-order valence-corrected chi connectivity index (χ4v) is 2.89. The van der Waals surface area contributed by atoms with Crippen molar-refractivity contribution in [3.05, 3.63) is 11.8 Å². The topological polar surface area (TPSA) is 30.5 Å². The van der Waals surface area contributed by atoms with E-state index in [0.717, 1.165) is 31.6 Å².